The van der Waals surface area contributed by atoms with Crippen LogP contribution in [0.4, 0.5) is 0 Å². The van der Waals surface area contributed by atoms with Crippen LogP contribution in [-0.4, -0.2) is 29.8 Å². The summed E-state index contributed by atoms with van der Waals surface area (Å²) in [6.07, 6.45) is 3.60. The third-order valence-electron chi connectivity index (χ3n) is 3.40. The van der Waals surface area contributed by atoms with Gasteiger partial charge in [0.05, 0.1) is 25.3 Å². The predicted molar refractivity (Wildman–Crippen MR) is 97.1 cm³/mol. The molecule has 0 aliphatic rings. The number of aromatic nitrogens is 1. The minimum absolute atomic E-state index is 0.199. The second kappa shape index (κ2) is 9.42. The normalized spacial score (nSPS) is 11.1. The Bertz CT molecular complexity index is 730. The SMILES string of the molecule is CCOc1ccc(CC(=O)NN=C(C)c2cccnc2)cc1OCC. The minimum atomic E-state index is -0.199. The molecule has 0 saturated carbocycles. The summed E-state index contributed by atoms with van der Waals surface area (Å²) in [5, 5.41) is 4.12. The van der Waals surface area contributed by atoms with Crippen LogP contribution in [0.15, 0.2) is 47.8 Å². The number of hydrogen-bond donors (Lipinski definition) is 1. The van der Waals surface area contributed by atoms with Crippen LogP contribution in [0.1, 0.15) is 31.9 Å². The van der Waals surface area contributed by atoms with E-state index in [1.807, 2.05) is 51.1 Å². The molecule has 1 amide bonds. The van der Waals surface area contributed by atoms with E-state index < -0.39 is 0 Å². The highest BCUT2D eigenvalue weighted by molar-refractivity contribution is 5.99. The molecule has 1 aromatic carbocycles. The van der Waals surface area contributed by atoms with Crippen molar-refractivity contribution in [1.82, 2.24) is 10.4 Å². The van der Waals surface area contributed by atoms with Gasteiger partial charge >= 0.3 is 0 Å². The molecule has 0 spiro atoms. The van der Waals surface area contributed by atoms with Crippen LogP contribution in [0.3, 0.4) is 0 Å². The van der Waals surface area contributed by atoms with Gasteiger partial charge in [0.25, 0.3) is 0 Å². The van der Waals surface area contributed by atoms with Crippen molar-refractivity contribution in [3.8, 4) is 11.5 Å². The van der Waals surface area contributed by atoms with Crippen molar-refractivity contribution in [2.24, 2.45) is 5.10 Å². The van der Waals surface area contributed by atoms with Gasteiger partial charge in [0.15, 0.2) is 11.5 Å². The van der Waals surface area contributed by atoms with E-state index in [1.54, 1.807) is 12.4 Å². The Morgan fingerprint density at radius 2 is 1.92 bits per heavy atom. The van der Waals surface area contributed by atoms with Gasteiger partial charge in [-0.2, -0.15) is 5.10 Å². The number of carbonyl (C=O) groups excluding carboxylic acids is 1. The van der Waals surface area contributed by atoms with Gasteiger partial charge < -0.3 is 9.47 Å². The number of hydrogen-bond acceptors (Lipinski definition) is 5. The summed E-state index contributed by atoms with van der Waals surface area (Å²) in [5.41, 5.74) is 4.96. The minimum Gasteiger partial charge on any atom is -0.490 e. The fraction of sp³-hybridized carbons (Fsp3) is 0.316. The van der Waals surface area contributed by atoms with Crippen LogP contribution in [0, 0.1) is 0 Å². The van der Waals surface area contributed by atoms with Gasteiger partial charge in [-0.1, -0.05) is 12.1 Å². The van der Waals surface area contributed by atoms with E-state index in [9.17, 15) is 4.79 Å². The quantitative estimate of drug-likeness (QED) is 0.592. The first-order chi connectivity index (χ1) is 12.1. The lowest BCUT2D eigenvalue weighted by molar-refractivity contribution is -0.120. The van der Waals surface area contributed by atoms with Crippen LogP contribution < -0.4 is 14.9 Å². The molecule has 2 aromatic rings. The molecule has 0 atom stereocenters. The average Bonchev–Trinajstić information content (AvgIpc) is 2.63. The Hall–Kier alpha value is -2.89. The van der Waals surface area contributed by atoms with Gasteiger partial charge in [0.2, 0.25) is 5.91 Å². The fourth-order valence-electron chi connectivity index (χ4n) is 2.22. The molecule has 6 heteroatoms. The highest BCUT2D eigenvalue weighted by Crippen LogP contribution is 2.28. The number of benzene rings is 1. The van der Waals surface area contributed by atoms with E-state index in [0.29, 0.717) is 30.4 Å². The lowest BCUT2D eigenvalue weighted by atomic mass is 10.1. The first kappa shape index (κ1) is 18.4. The number of ether oxygens (including phenoxy) is 2. The van der Waals surface area contributed by atoms with Gasteiger partial charge in [-0.15, -0.1) is 0 Å². The van der Waals surface area contributed by atoms with Crippen LogP contribution >= 0.6 is 0 Å². The summed E-state index contributed by atoms with van der Waals surface area (Å²) in [5.74, 6) is 1.12. The Kier molecular flexibility index (Phi) is 6.95. The topological polar surface area (TPSA) is 72.8 Å². The highest BCUT2D eigenvalue weighted by Gasteiger charge is 2.09. The number of hydrazone groups is 1. The maximum Gasteiger partial charge on any atom is 0.244 e. The van der Waals surface area contributed by atoms with E-state index in [-0.39, 0.29) is 12.3 Å². The lowest BCUT2D eigenvalue weighted by Crippen LogP contribution is -2.21. The summed E-state index contributed by atoms with van der Waals surface area (Å²) in [6, 6.07) is 9.21. The van der Waals surface area contributed by atoms with Crippen molar-refractivity contribution < 1.29 is 14.3 Å². The van der Waals surface area contributed by atoms with Crippen molar-refractivity contribution in [2.75, 3.05) is 13.2 Å². The molecule has 0 saturated heterocycles. The molecule has 25 heavy (non-hydrogen) atoms. The molecule has 1 aromatic heterocycles. The molecule has 6 nitrogen and oxygen atoms in total. The molecule has 2 rings (SSSR count). The van der Waals surface area contributed by atoms with Gasteiger partial charge in [0.1, 0.15) is 0 Å². The second-order valence-electron chi connectivity index (χ2n) is 5.30. The number of pyridine rings is 1. The highest BCUT2D eigenvalue weighted by atomic mass is 16.5. The van der Waals surface area contributed by atoms with Crippen molar-refractivity contribution in [2.45, 2.75) is 27.2 Å². The van der Waals surface area contributed by atoms with Crippen molar-refractivity contribution in [3.63, 3.8) is 0 Å². The van der Waals surface area contributed by atoms with Crippen molar-refractivity contribution >= 4 is 11.6 Å². The zero-order chi connectivity index (χ0) is 18.1. The fourth-order valence-corrected chi connectivity index (χ4v) is 2.22. The monoisotopic (exact) mass is 341 g/mol. The van der Waals surface area contributed by atoms with E-state index in [4.69, 9.17) is 9.47 Å². The third-order valence-corrected chi connectivity index (χ3v) is 3.40. The summed E-state index contributed by atoms with van der Waals surface area (Å²) < 4.78 is 11.1. The average molecular weight is 341 g/mol. The molecule has 0 bridgehead atoms. The van der Waals surface area contributed by atoms with Crippen LogP contribution in [0.2, 0.25) is 0 Å². The van der Waals surface area contributed by atoms with Crippen LogP contribution in [-0.2, 0) is 11.2 Å². The molecule has 0 aliphatic carbocycles. The summed E-state index contributed by atoms with van der Waals surface area (Å²) in [4.78, 5) is 16.2. The Balaban J connectivity index is 2.01. The molecule has 0 radical (unpaired) electrons. The van der Waals surface area contributed by atoms with E-state index in [2.05, 4.69) is 15.5 Å². The van der Waals surface area contributed by atoms with Crippen molar-refractivity contribution in [1.29, 1.82) is 0 Å². The Labute approximate surface area is 147 Å². The number of rotatable bonds is 8. The first-order valence-corrected chi connectivity index (χ1v) is 8.26. The van der Waals surface area contributed by atoms with Crippen molar-refractivity contribution in [3.05, 3.63) is 53.9 Å². The maximum atomic E-state index is 12.1. The molecule has 1 N–H and O–H groups in total. The first-order valence-electron chi connectivity index (χ1n) is 8.26. The summed E-state index contributed by atoms with van der Waals surface area (Å²) >= 11 is 0. The number of nitrogens with zero attached hydrogens (tertiary/aromatic N) is 2. The Morgan fingerprint density at radius 3 is 2.60 bits per heavy atom. The van der Waals surface area contributed by atoms with Gasteiger partial charge in [-0.05, 0) is 44.5 Å². The van der Waals surface area contributed by atoms with Gasteiger partial charge in [0, 0.05) is 18.0 Å². The van der Waals surface area contributed by atoms with E-state index in [1.165, 1.54) is 0 Å². The summed E-state index contributed by atoms with van der Waals surface area (Å²) in [7, 11) is 0. The number of carbonyl (C=O) groups is 1. The molecule has 0 unspecified atom stereocenters. The Morgan fingerprint density at radius 1 is 1.16 bits per heavy atom. The number of amides is 1. The summed E-state index contributed by atoms with van der Waals surface area (Å²) in [6.45, 7) is 6.73. The molecular formula is C19H23N3O3. The largest absolute Gasteiger partial charge is 0.490 e. The predicted octanol–water partition coefficient (Wildman–Crippen LogP) is 2.96. The third kappa shape index (κ3) is 5.60. The molecular weight excluding hydrogens is 318 g/mol. The zero-order valence-corrected chi connectivity index (χ0v) is 14.8. The molecule has 0 fully saturated rings. The zero-order valence-electron chi connectivity index (χ0n) is 14.8. The standard InChI is InChI=1S/C19H23N3O3/c1-4-24-17-9-8-15(11-18(17)25-5-2)12-19(23)22-21-14(3)16-7-6-10-20-13-16/h6-11,13H,4-5,12H2,1-3H3,(H,22,23). The lowest BCUT2D eigenvalue weighted by Gasteiger charge is -2.12. The van der Waals surface area contributed by atoms with Gasteiger partial charge in [-0.3, -0.25) is 9.78 Å². The maximum absolute atomic E-state index is 12.1. The van der Waals surface area contributed by atoms with Crippen LogP contribution in [0.5, 0.6) is 11.5 Å². The molecule has 1 heterocycles. The smallest absolute Gasteiger partial charge is 0.244 e. The van der Waals surface area contributed by atoms with E-state index >= 15 is 0 Å². The second-order valence-corrected chi connectivity index (χ2v) is 5.30. The number of nitrogens with one attached hydrogen (secondary N) is 1. The molecule has 0 aliphatic heterocycles. The molecule has 132 valence electrons. The van der Waals surface area contributed by atoms with E-state index in [0.717, 1.165) is 11.1 Å². The van der Waals surface area contributed by atoms with Gasteiger partial charge in [-0.25, -0.2) is 5.43 Å². The van der Waals surface area contributed by atoms with Crippen LogP contribution in [0.25, 0.3) is 0 Å².